The molecule has 1 unspecified atom stereocenters. The number of fused-ring (bicyclic) bond motifs is 25. The van der Waals surface area contributed by atoms with Crippen molar-refractivity contribution in [3.63, 3.8) is 0 Å². The minimum atomic E-state index is 0.229. The predicted molar refractivity (Wildman–Crippen MR) is 481 cm³/mol. The zero-order valence-electron chi connectivity index (χ0n) is 62.5. The van der Waals surface area contributed by atoms with E-state index < -0.39 is 0 Å². The fourth-order valence-electron chi connectivity index (χ4n) is 20.2. The number of hydrogen-bond acceptors (Lipinski definition) is 6. The predicted octanol–water partition coefficient (Wildman–Crippen LogP) is 27.6. The summed E-state index contributed by atoms with van der Waals surface area (Å²) in [5.74, 6) is 1.45. The van der Waals surface area contributed by atoms with Gasteiger partial charge in [-0.1, -0.05) is 261 Å². The van der Waals surface area contributed by atoms with Gasteiger partial charge in [-0.25, -0.2) is 19.9 Å². The Morgan fingerprint density at radius 2 is 0.707 bits per heavy atom. The second-order valence-electron chi connectivity index (χ2n) is 31.1. The molecule has 1 aliphatic carbocycles. The highest BCUT2D eigenvalue weighted by atomic mass is 15.2. The summed E-state index contributed by atoms with van der Waals surface area (Å²) in [6.07, 6.45) is 8.06. The van der Waals surface area contributed by atoms with E-state index in [0.29, 0.717) is 11.9 Å². The van der Waals surface area contributed by atoms with E-state index in [9.17, 15) is 0 Å². The van der Waals surface area contributed by atoms with Gasteiger partial charge in [-0.2, -0.15) is 0 Å². The van der Waals surface area contributed by atoms with Crippen molar-refractivity contribution in [2.24, 2.45) is 0 Å². The number of aromatic nitrogens is 8. The molecule has 0 amide bonds. The molecule has 0 spiro atoms. The van der Waals surface area contributed by atoms with Crippen LogP contribution in [0.4, 0.5) is 34.1 Å². The molecule has 17 aromatic carbocycles. The zero-order valence-corrected chi connectivity index (χ0v) is 62.5. The van der Waals surface area contributed by atoms with Crippen molar-refractivity contribution in [2.45, 2.75) is 12.3 Å². The van der Waals surface area contributed by atoms with E-state index in [2.05, 4.69) is 398 Å². The van der Waals surface area contributed by atoms with E-state index in [1.165, 1.54) is 48.7 Å². The molecule has 0 saturated heterocycles. The Labute approximate surface area is 664 Å². The third kappa shape index (κ3) is 8.78. The van der Waals surface area contributed by atoms with Crippen LogP contribution < -0.4 is 9.80 Å². The van der Waals surface area contributed by atoms with Gasteiger partial charge in [0.2, 0.25) is 11.9 Å². The van der Waals surface area contributed by atoms with E-state index in [1.54, 1.807) is 0 Å². The number of benzene rings is 17. The number of rotatable bonds is 8. The summed E-state index contributed by atoms with van der Waals surface area (Å²) in [4.78, 5) is 28.1. The van der Waals surface area contributed by atoms with Gasteiger partial charge >= 0.3 is 0 Å². The third-order valence-electron chi connectivity index (χ3n) is 25.0. The van der Waals surface area contributed by atoms with Crippen molar-refractivity contribution in [3.05, 3.63) is 376 Å². The standard InChI is InChI=1S/C106H64N10/c1-3-26-63(27-4-1)65-52-56-70(57-53-65)113-90-59-55-68(62-82(90)96-76-37-12-11-36-75(76)95-79-40-15-20-47-87(79)116(104(95)102(96)113)106-107-83-43-24-50-91-97(83)99(109-106)80-41-16-21-48-88(80)111(91)69-31-5-2-6-32-69)67-30-23-33-71(61-67)112-89-49-22-17-42-81(89)100-98-84(44-25-51-92(98)112)108-105(110-100)115-86-46-19-14-39-78(86)94-74-35-10-9-34-73(74)93-77-38-13-18-45-85(77)114(101(93)103(94)115)72-58-54-64-28-7-8-29-66(64)60-72/h1-52,54-62,65H,53H2. The molecule has 0 fully saturated rings. The van der Waals surface area contributed by atoms with Crippen LogP contribution in [0.2, 0.25) is 0 Å². The first kappa shape index (κ1) is 63.2. The first-order valence-corrected chi connectivity index (χ1v) is 39.9. The van der Waals surface area contributed by atoms with E-state index in [0.717, 1.165) is 184 Å². The zero-order chi connectivity index (χ0) is 75.5. The van der Waals surface area contributed by atoms with Crippen molar-refractivity contribution in [1.29, 1.82) is 0 Å². The van der Waals surface area contributed by atoms with Crippen LogP contribution in [0.1, 0.15) is 17.9 Å². The molecule has 0 N–H and O–H groups in total. The van der Waals surface area contributed by atoms with E-state index >= 15 is 0 Å². The molecule has 26 rings (SSSR count). The summed E-state index contributed by atoms with van der Waals surface area (Å²) < 4.78 is 9.78. The van der Waals surface area contributed by atoms with Crippen molar-refractivity contribution < 1.29 is 0 Å². The largest absolute Gasteiger partial charge is 0.309 e. The highest BCUT2D eigenvalue weighted by Gasteiger charge is 2.35. The van der Waals surface area contributed by atoms with Gasteiger partial charge in [-0.15, -0.1) is 0 Å². The highest BCUT2D eigenvalue weighted by molar-refractivity contribution is 6.39. The minimum Gasteiger partial charge on any atom is -0.309 e. The Bertz CT molecular complexity index is 8340. The topological polar surface area (TPSA) is 77.8 Å². The number of allylic oxidation sites excluding steroid dienone is 4. The maximum Gasteiger partial charge on any atom is 0.235 e. The van der Waals surface area contributed by atoms with Crippen LogP contribution in [0, 0.1) is 0 Å². The molecule has 1 atom stereocenters. The molecule has 23 aromatic rings. The van der Waals surface area contributed by atoms with Crippen LogP contribution in [0.3, 0.4) is 0 Å². The van der Waals surface area contributed by atoms with E-state index in [-0.39, 0.29) is 5.92 Å². The molecule has 6 aromatic heterocycles. The Balaban J connectivity index is 0.677. The highest BCUT2D eigenvalue weighted by Crippen LogP contribution is 2.56. The van der Waals surface area contributed by atoms with Gasteiger partial charge in [0.05, 0.1) is 100 Å². The Kier molecular flexibility index (Phi) is 13.1. The number of nitrogens with zero attached hydrogens (tertiary/aromatic N) is 10. The molecular weight excluding hydrogens is 1410 g/mol. The quantitative estimate of drug-likeness (QED) is 0.151. The summed E-state index contributed by atoms with van der Waals surface area (Å²) in [7, 11) is 0. The van der Waals surface area contributed by atoms with Crippen LogP contribution in [-0.4, -0.2) is 38.2 Å². The Morgan fingerprint density at radius 1 is 0.267 bits per heavy atom. The average molecular weight is 1480 g/mol. The maximum atomic E-state index is 5.92. The van der Waals surface area contributed by atoms with Crippen molar-refractivity contribution in [3.8, 4) is 51.2 Å². The lowest BCUT2D eigenvalue weighted by Gasteiger charge is -2.33. The second-order valence-corrected chi connectivity index (χ2v) is 31.1. The van der Waals surface area contributed by atoms with Gasteiger partial charge in [-0.05, 0) is 165 Å². The maximum absolute atomic E-state index is 5.92. The SMILES string of the molecule is C1=CC(c2ccccc2)CC=C1n1c2ccc(-c3cccc(N4c5ccccc5-c5nc(-n6c7ccccc7c7c8ccccc8c8c9ccccc9n(-c9ccc%10ccccc%10c9)c8c76)nc6cccc4c56)c3)cc2c2c3ccccc3c3c4ccccc4n(-c4nc5c6c(cccc6n4)N(c4ccccc4)c4ccccc4-5)c3c21. The van der Waals surface area contributed by atoms with Crippen LogP contribution >= 0.6 is 0 Å². The van der Waals surface area contributed by atoms with Crippen LogP contribution in [-0.2, 0) is 0 Å². The number of hydrogen-bond donors (Lipinski definition) is 0. The minimum absolute atomic E-state index is 0.229. The first-order valence-electron chi connectivity index (χ1n) is 39.9. The van der Waals surface area contributed by atoms with Crippen molar-refractivity contribution in [1.82, 2.24) is 38.2 Å². The lowest BCUT2D eigenvalue weighted by molar-refractivity contribution is 0.850. The van der Waals surface area contributed by atoms with Gasteiger partial charge in [0.1, 0.15) is 0 Å². The van der Waals surface area contributed by atoms with Gasteiger partial charge in [0.15, 0.2) is 0 Å². The summed E-state index contributed by atoms with van der Waals surface area (Å²) >= 11 is 0. The first-order chi connectivity index (χ1) is 57.6. The smallest absolute Gasteiger partial charge is 0.235 e. The summed E-state index contributed by atoms with van der Waals surface area (Å²) in [5.41, 5.74) is 26.2. The average Bonchev–Trinajstić information content (AvgIpc) is 1.53. The van der Waals surface area contributed by atoms with Crippen molar-refractivity contribution in [2.75, 3.05) is 9.80 Å². The Hall–Kier alpha value is -15.5. The van der Waals surface area contributed by atoms with Crippen LogP contribution in [0.5, 0.6) is 0 Å². The molecule has 2 aliphatic heterocycles. The monoisotopic (exact) mass is 1480 g/mol. The number of para-hydroxylation sites is 6. The lowest BCUT2D eigenvalue weighted by atomic mass is 9.91. The molecule has 3 aliphatic rings. The van der Waals surface area contributed by atoms with Crippen molar-refractivity contribution >= 4 is 181 Å². The molecule has 0 radical (unpaired) electrons. The molecule has 0 bridgehead atoms. The second kappa shape index (κ2) is 24.0. The fourth-order valence-corrected chi connectivity index (χ4v) is 20.2. The van der Waals surface area contributed by atoms with Gasteiger partial charge in [0, 0.05) is 82.9 Å². The fraction of sp³-hybridized carbons (Fsp3) is 0.0189. The summed E-state index contributed by atoms with van der Waals surface area (Å²) in [6.45, 7) is 0. The van der Waals surface area contributed by atoms with Crippen LogP contribution in [0.25, 0.3) is 198 Å². The molecule has 10 heteroatoms. The van der Waals surface area contributed by atoms with Crippen LogP contribution in [0.15, 0.2) is 370 Å². The van der Waals surface area contributed by atoms with E-state index in [1.807, 2.05) is 0 Å². The molecule has 116 heavy (non-hydrogen) atoms. The normalized spacial score (nSPS) is 13.9. The molecule has 8 heterocycles. The molecule has 10 nitrogen and oxygen atoms in total. The molecule has 538 valence electrons. The van der Waals surface area contributed by atoms with Gasteiger partial charge < -0.3 is 18.9 Å². The summed E-state index contributed by atoms with van der Waals surface area (Å²) in [5, 5.41) is 18.4. The lowest BCUT2D eigenvalue weighted by Crippen LogP contribution is -2.17. The Morgan fingerprint density at radius 3 is 1.28 bits per heavy atom. The number of anilines is 6. The molecular formula is C106H64N10. The van der Waals surface area contributed by atoms with Gasteiger partial charge in [0.25, 0.3) is 0 Å². The molecule has 0 saturated carbocycles. The van der Waals surface area contributed by atoms with E-state index in [4.69, 9.17) is 19.9 Å². The van der Waals surface area contributed by atoms with Gasteiger partial charge in [-0.3, -0.25) is 9.13 Å². The summed E-state index contributed by atoms with van der Waals surface area (Å²) in [6, 6.07) is 129. The third-order valence-corrected chi connectivity index (χ3v) is 25.0.